The van der Waals surface area contributed by atoms with E-state index in [1.54, 1.807) is 23.7 Å². The molecular weight excluding hydrogens is 222 g/mol. The van der Waals surface area contributed by atoms with E-state index in [2.05, 4.69) is 10.1 Å². The van der Waals surface area contributed by atoms with Crippen LogP contribution in [-0.4, -0.2) is 19.9 Å². The molecule has 0 amide bonds. The number of hydrogen-bond donors (Lipinski definition) is 1. The van der Waals surface area contributed by atoms with E-state index in [9.17, 15) is 5.11 Å². The van der Waals surface area contributed by atoms with Gasteiger partial charge in [0.1, 0.15) is 0 Å². The molecule has 86 valence electrons. The Morgan fingerprint density at radius 1 is 1.56 bits per heavy atom. The Morgan fingerprint density at radius 3 is 2.94 bits per heavy atom. The number of thiazole rings is 1. The Balaban J connectivity index is 1.93. The number of rotatable bonds is 4. The summed E-state index contributed by atoms with van der Waals surface area (Å²) in [6.45, 7) is 1.95. The van der Waals surface area contributed by atoms with Crippen LogP contribution in [0, 0.1) is 6.92 Å². The zero-order valence-electron chi connectivity index (χ0n) is 9.42. The summed E-state index contributed by atoms with van der Waals surface area (Å²) in [7, 11) is 1.92. The lowest BCUT2D eigenvalue weighted by atomic mass is 10.1. The summed E-state index contributed by atoms with van der Waals surface area (Å²) in [5.74, 6) is 0. The van der Waals surface area contributed by atoms with Gasteiger partial charge in [-0.1, -0.05) is 0 Å². The number of nitrogens with zero attached hydrogens (tertiary/aromatic N) is 3. The van der Waals surface area contributed by atoms with E-state index in [4.69, 9.17) is 0 Å². The molecule has 0 bridgehead atoms. The van der Waals surface area contributed by atoms with E-state index in [0.717, 1.165) is 22.0 Å². The zero-order chi connectivity index (χ0) is 11.5. The van der Waals surface area contributed by atoms with Gasteiger partial charge in [0.2, 0.25) is 0 Å². The lowest BCUT2D eigenvalue weighted by Gasteiger charge is -2.07. The third-order valence-electron chi connectivity index (χ3n) is 2.56. The van der Waals surface area contributed by atoms with Crippen molar-refractivity contribution in [3.8, 4) is 0 Å². The standard InChI is InChI=1S/C11H15N3OS/c1-8-12-7-11(16-8)10(15)4-3-9-5-6-13-14(9)2/h5-7,10,15H,3-4H2,1-2H3. The molecule has 0 saturated carbocycles. The second kappa shape index (κ2) is 4.76. The first-order valence-electron chi connectivity index (χ1n) is 5.24. The van der Waals surface area contributed by atoms with Gasteiger partial charge in [0.25, 0.3) is 0 Å². The first kappa shape index (κ1) is 11.3. The fourth-order valence-electron chi connectivity index (χ4n) is 1.61. The van der Waals surface area contributed by atoms with Gasteiger partial charge in [-0.2, -0.15) is 5.10 Å². The van der Waals surface area contributed by atoms with Crippen LogP contribution in [-0.2, 0) is 13.5 Å². The molecule has 0 saturated heterocycles. The predicted molar refractivity (Wildman–Crippen MR) is 63.3 cm³/mol. The molecule has 0 spiro atoms. The number of aromatic nitrogens is 3. The summed E-state index contributed by atoms with van der Waals surface area (Å²) in [6.07, 6.45) is 4.66. The Morgan fingerprint density at radius 2 is 2.38 bits per heavy atom. The second-order valence-corrected chi connectivity index (χ2v) is 5.05. The number of hydrogen-bond acceptors (Lipinski definition) is 4. The molecule has 1 atom stereocenters. The number of aliphatic hydroxyl groups is 1. The van der Waals surface area contributed by atoms with E-state index in [1.165, 1.54) is 0 Å². The zero-order valence-corrected chi connectivity index (χ0v) is 10.2. The minimum absolute atomic E-state index is 0.416. The van der Waals surface area contributed by atoms with Gasteiger partial charge in [0, 0.05) is 25.1 Å². The lowest BCUT2D eigenvalue weighted by molar-refractivity contribution is 0.170. The Hall–Kier alpha value is -1.20. The van der Waals surface area contributed by atoms with Crippen LogP contribution >= 0.6 is 11.3 Å². The maximum absolute atomic E-state index is 9.96. The third-order valence-corrected chi connectivity index (χ3v) is 3.58. The van der Waals surface area contributed by atoms with Crippen LogP contribution in [0.5, 0.6) is 0 Å². The molecule has 2 aromatic rings. The van der Waals surface area contributed by atoms with Gasteiger partial charge in [0.15, 0.2) is 0 Å². The summed E-state index contributed by atoms with van der Waals surface area (Å²) in [5.41, 5.74) is 1.14. The molecule has 0 aromatic carbocycles. The molecule has 0 fully saturated rings. The van der Waals surface area contributed by atoms with Crippen LogP contribution in [0.2, 0.25) is 0 Å². The van der Waals surface area contributed by atoms with Crippen LogP contribution in [0.4, 0.5) is 0 Å². The van der Waals surface area contributed by atoms with Gasteiger partial charge in [-0.05, 0) is 25.8 Å². The number of aliphatic hydroxyl groups excluding tert-OH is 1. The summed E-state index contributed by atoms with van der Waals surface area (Å²) in [5, 5.41) is 15.1. The highest BCUT2D eigenvalue weighted by molar-refractivity contribution is 7.11. The molecule has 0 aliphatic heterocycles. The van der Waals surface area contributed by atoms with Crippen LogP contribution in [0.1, 0.15) is 28.1 Å². The largest absolute Gasteiger partial charge is 0.388 e. The van der Waals surface area contributed by atoms with Crippen LogP contribution in [0.3, 0.4) is 0 Å². The molecule has 4 nitrogen and oxygen atoms in total. The van der Waals surface area contributed by atoms with Gasteiger partial charge >= 0.3 is 0 Å². The van der Waals surface area contributed by atoms with Crippen LogP contribution < -0.4 is 0 Å². The van der Waals surface area contributed by atoms with Crippen molar-refractivity contribution in [2.45, 2.75) is 25.9 Å². The average Bonchev–Trinajstić information content (AvgIpc) is 2.84. The van der Waals surface area contributed by atoms with Gasteiger partial charge in [-0.25, -0.2) is 4.98 Å². The van der Waals surface area contributed by atoms with Crippen molar-refractivity contribution in [1.29, 1.82) is 0 Å². The van der Waals surface area contributed by atoms with Gasteiger partial charge in [-0.15, -0.1) is 11.3 Å². The first-order valence-corrected chi connectivity index (χ1v) is 6.05. The SMILES string of the molecule is Cc1ncc(C(O)CCc2ccnn2C)s1. The molecule has 0 radical (unpaired) electrons. The van der Waals surface area contributed by atoms with Crippen molar-refractivity contribution in [3.05, 3.63) is 34.0 Å². The van der Waals surface area contributed by atoms with Gasteiger partial charge in [-0.3, -0.25) is 4.68 Å². The minimum atomic E-state index is -0.416. The monoisotopic (exact) mass is 237 g/mol. The van der Waals surface area contributed by atoms with Gasteiger partial charge in [0.05, 0.1) is 16.0 Å². The van der Waals surface area contributed by atoms with E-state index in [1.807, 2.05) is 24.7 Å². The first-order chi connectivity index (χ1) is 7.66. The smallest absolute Gasteiger partial charge is 0.0901 e. The summed E-state index contributed by atoms with van der Waals surface area (Å²) < 4.78 is 1.84. The third kappa shape index (κ3) is 2.48. The molecule has 1 unspecified atom stereocenters. The minimum Gasteiger partial charge on any atom is -0.388 e. The Labute approximate surface area is 98.6 Å². The fraction of sp³-hybridized carbons (Fsp3) is 0.455. The highest BCUT2D eigenvalue weighted by Crippen LogP contribution is 2.24. The lowest BCUT2D eigenvalue weighted by Crippen LogP contribution is -2.02. The van der Waals surface area contributed by atoms with Gasteiger partial charge < -0.3 is 5.11 Å². The molecule has 2 rings (SSSR count). The average molecular weight is 237 g/mol. The topological polar surface area (TPSA) is 50.9 Å². The highest BCUT2D eigenvalue weighted by Gasteiger charge is 2.11. The summed E-state index contributed by atoms with van der Waals surface area (Å²) in [6, 6.07) is 1.98. The summed E-state index contributed by atoms with van der Waals surface area (Å²) in [4.78, 5) is 5.09. The quantitative estimate of drug-likeness (QED) is 0.883. The molecule has 2 heterocycles. The second-order valence-electron chi connectivity index (χ2n) is 3.78. The summed E-state index contributed by atoms with van der Waals surface area (Å²) >= 11 is 1.55. The number of aryl methyl sites for hydroxylation is 3. The predicted octanol–water partition coefficient (Wildman–Crippen LogP) is 1.85. The molecular formula is C11H15N3OS. The van der Waals surface area contributed by atoms with E-state index < -0.39 is 6.10 Å². The molecule has 16 heavy (non-hydrogen) atoms. The van der Waals surface area contributed by atoms with E-state index in [-0.39, 0.29) is 0 Å². The molecule has 0 aliphatic rings. The van der Waals surface area contributed by atoms with Crippen molar-refractivity contribution in [1.82, 2.24) is 14.8 Å². The van der Waals surface area contributed by atoms with Crippen molar-refractivity contribution in [2.75, 3.05) is 0 Å². The van der Waals surface area contributed by atoms with Crippen molar-refractivity contribution >= 4 is 11.3 Å². The van der Waals surface area contributed by atoms with E-state index in [0.29, 0.717) is 6.42 Å². The molecule has 1 N–H and O–H groups in total. The molecule has 5 heteroatoms. The van der Waals surface area contributed by atoms with Crippen LogP contribution in [0.15, 0.2) is 18.5 Å². The molecule has 0 aliphatic carbocycles. The Bertz CT molecular complexity index is 463. The Kier molecular flexibility index (Phi) is 3.36. The van der Waals surface area contributed by atoms with Crippen molar-refractivity contribution in [2.24, 2.45) is 7.05 Å². The van der Waals surface area contributed by atoms with Crippen molar-refractivity contribution in [3.63, 3.8) is 0 Å². The maximum Gasteiger partial charge on any atom is 0.0901 e. The fourth-order valence-corrected chi connectivity index (χ4v) is 2.41. The highest BCUT2D eigenvalue weighted by atomic mass is 32.1. The maximum atomic E-state index is 9.96. The van der Waals surface area contributed by atoms with E-state index >= 15 is 0 Å². The molecule has 2 aromatic heterocycles. The normalized spacial score (nSPS) is 12.9. The van der Waals surface area contributed by atoms with Crippen LogP contribution in [0.25, 0.3) is 0 Å². The van der Waals surface area contributed by atoms with Crippen molar-refractivity contribution < 1.29 is 5.11 Å².